The van der Waals surface area contributed by atoms with Crippen LogP contribution in [0.3, 0.4) is 0 Å². The van der Waals surface area contributed by atoms with Gasteiger partial charge in [0.25, 0.3) is 11.6 Å². The van der Waals surface area contributed by atoms with Gasteiger partial charge in [-0.05, 0) is 31.2 Å². The van der Waals surface area contributed by atoms with Gasteiger partial charge in [-0.25, -0.2) is 0 Å². The number of rotatable bonds is 5. The lowest BCUT2D eigenvalue weighted by atomic mass is 10.1. The first-order valence-electron chi connectivity index (χ1n) is 7.12. The quantitative estimate of drug-likeness (QED) is 0.335. The van der Waals surface area contributed by atoms with Crippen molar-refractivity contribution in [1.29, 1.82) is 0 Å². The van der Waals surface area contributed by atoms with Gasteiger partial charge in [-0.1, -0.05) is 52.5 Å². The molecule has 25 heavy (non-hydrogen) atoms. The zero-order valence-electron chi connectivity index (χ0n) is 13.0. The SMILES string of the molecule is Cc1ccc(C(=O)N[C@@H](Nc2ccc([N+](=O)[O-])cc2)C(Cl)(Cl)Cl)cc1. The Labute approximate surface area is 159 Å². The van der Waals surface area contributed by atoms with Crippen LogP contribution in [0.25, 0.3) is 0 Å². The Bertz CT molecular complexity index is 759. The number of nitro benzene ring substituents is 1. The van der Waals surface area contributed by atoms with Gasteiger partial charge in [0, 0.05) is 23.4 Å². The van der Waals surface area contributed by atoms with Crippen LogP contribution in [0.2, 0.25) is 0 Å². The van der Waals surface area contributed by atoms with E-state index >= 15 is 0 Å². The molecular weight excluding hydrogens is 389 g/mol. The molecule has 1 atom stereocenters. The highest BCUT2D eigenvalue weighted by Crippen LogP contribution is 2.31. The lowest BCUT2D eigenvalue weighted by Crippen LogP contribution is -2.49. The number of aryl methyl sites for hydroxylation is 1. The predicted octanol–water partition coefficient (Wildman–Crippen LogP) is 4.44. The average molecular weight is 403 g/mol. The van der Waals surface area contributed by atoms with Gasteiger partial charge in [0.05, 0.1) is 4.92 Å². The molecule has 0 saturated carbocycles. The van der Waals surface area contributed by atoms with E-state index in [0.717, 1.165) is 5.56 Å². The second-order valence-corrected chi connectivity index (χ2v) is 7.63. The van der Waals surface area contributed by atoms with E-state index < -0.39 is 20.8 Å². The second kappa shape index (κ2) is 7.91. The van der Waals surface area contributed by atoms with Gasteiger partial charge >= 0.3 is 0 Å². The molecule has 2 aromatic rings. The topological polar surface area (TPSA) is 84.3 Å². The summed E-state index contributed by atoms with van der Waals surface area (Å²) >= 11 is 17.8. The van der Waals surface area contributed by atoms with Crippen LogP contribution in [0.5, 0.6) is 0 Å². The molecular formula is C16H14Cl3N3O3. The van der Waals surface area contributed by atoms with Crippen molar-refractivity contribution in [2.75, 3.05) is 5.32 Å². The normalized spacial score (nSPS) is 12.3. The lowest BCUT2D eigenvalue weighted by molar-refractivity contribution is -0.384. The minimum Gasteiger partial charge on any atom is -0.362 e. The van der Waals surface area contributed by atoms with Crippen molar-refractivity contribution in [3.05, 3.63) is 69.8 Å². The largest absolute Gasteiger partial charge is 0.362 e. The molecule has 132 valence electrons. The van der Waals surface area contributed by atoms with Crippen molar-refractivity contribution < 1.29 is 9.72 Å². The fraction of sp³-hybridized carbons (Fsp3) is 0.188. The molecule has 6 nitrogen and oxygen atoms in total. The molecule has 2 aromatic carbocycles. The molecule has 0 spiro atoms. The minimum atomic E-state index is -1.85. The van der Waals surface area contributed by atoms with Crippen molar-refractivity contribution in [2.24, 2.45) is 0 Å². The van der Waals surface area contributed by atoms with Gasteiger partial charge in [0.15, 0.2) is 0 Å². The highest BCUT2D eigenvalue weighted by Gasteiger charge is 2.34. The standard InChI is InChI=1S/C16H14Cl3N3O3/c1-10-2-4-11(5-3-10)14(23)21-15(16(17,18)19)20-12-6-8-13(9-7-12)22(24)25/h2-9,15,20H,1H3,(H,21,23)/t15-/m1/s1. The maximum atomic E-state index is 12.3. The van der Waals surface area contributed by atoms with Gasteiger partial charge in [-0.3, -0.25) is 14.9 Å². The summed E-state index contributed by atoms with van der Waals surface area (Å²) in [6.07, 6.45) is -1.05. The Hall–Kier alpha value is -2.02. The van der Waals surface area contributed by atoms with Crippen molar-refractivity contribution in [1.82, 2.24) is 5.32 Å². The van der Waals surface area contributed by atoms with Crippen LogP contribution >= 0.6 is 34.8 Å². The van der Waals surface area contributed by atoms with Crippen LogP contribution in [-0.4, -0.2) is 20.8 Å². The molecule has 0 saturated heterocycles. The summed E-state index contributed by atoms with van der Waals surface area (Å²) in [5.74, 6) is -0.425. The van der Waals surface area contributed by atoms with Crippen LogP contribution in [0, 0.1) is 17.0 Å². The molecule has 0 heterocycles. The van der Waals surface area contributed by atoms with Crippen LogP contribution in [0.4, 0.5) is 11.4 Å². The molecule has 9 heteroatoms. The molecule has 0 aliphatic rings. The van der Waals surface area contributed by atoms with Crippen LogP contribution in [0.1, 0.15) is 15.9 Å². The van der Waals surface area contributed by atoms with Crippen LogP contribution in [0.15, 0.2) is 48.5 Å². The van der Waals surface area contributed by atoms with E-state index in [9.17, 15) is 14.9 Å². The number of nitro groups is 1. The van der Waals surface area contributed by atoms with E-state index in [-0.39, 0.29) is 5.69 Å². The first kappa shape index (κ1) is 19.3. The molecule has 1 amide bonds. The molecule has 0 aliphatic heterocycles. The Balaban J connectivity index is 2.15. The summed E-state index contributed by atoms with van der Waals surface area (Å²) in [6, 6.07) is 12.4. The van der Waals surface area contributed by atoms with Crippen LogP contribution < -0.4 is 10.6 Å². The molecule has 0 unspecified atom stereocenters. The van der Waals surface area contributed by atoms with Crippen molar-refractivity contribution in [3.63, 3.8) is 0 Å². The smallest absolute Gasteiger partial charge is 0.269 e. The maximum Gasteiger partial charge on any atom is 0.269 e. The summed E-state index contributed by atoms with van der Waals surface area (Å²) in [6.45, 7) is 1.90. The second-order valence-electron chi connectivity index (χ2n) is 5.26. The van der Waals surface area contributed by atoms with E-state index in [2.05, 4.69) is 10.6 Å². The molecule has 0 bridgehead atoms. The third-order valence-electron chi connectivity index (χ3n) is 3.31. The van der Waals surface area contributed by atoms with Gasteiger partial charge in [0.1, 0.15) is 6.17 Å². The number of alkyl halides is 3. The summed E-state index contributed by atoms with van der Waals surface area (Å²) in [7, 11) is 0. The zero-order valence-corrected chi connectivity index (χ0v) is 15.3. The maximum absolute atomic E-state index is 12.3. The molecule has 2 rings (SSSR count). The first-order chi connectivity index (χ1) is 11.7. The van der Waals surface area contributed by atoms with Crippen molar-refractivity contribution in [3.8, 4) is 0 Å². The number of non-ortho nitro benzene ring substituents is 1. The van der Waals surface area contributed by atoms with Gasteiger partial charge in [-0.15, -0.1) is 0 Å². The third kappa shape index (κ3) is 5.49. The molecule has 0 radical (unpaired) electrons. The predicted molar refractivity (Wildman–Crippen MR) is 99.4 cm³/mol. The number of benzene rings is 2. The molecule has 0 fully saturated rings. The number of hydrogen-bond donors (Lipinski definition) is 2. The number of carbonyl (C=O) groups is 1. The van der Waals surface area contributed by atoms with E-state index in [1.54, 1.807) is 24.3 Å². The highest BCUT2D eigenvalue weighted by atomic mass is 35.6. The van der Waals surface area contributed by atoms with E-state index in [1.807, 2.05) is 6.92 Å². The van der Waals surface area contributed by atoms with E-state index in [4.69, 9.17) is 34.8 Å². The number of nitrogens with one attached hydrogen (secondary N) is 2. The Kier molecular flexibility index (Phi) is 6.11. The van der Waals surface area contributed by atoms with Crippen LogP contribution in [-0.2, 0) is 0 Å². The summed E-state index contributed by atoms with van der Waals surface area (Å²) in [4.78, 5) is 22.5. The van der Waals surface area contributed by atoms with Crippen molar-refractivity contribution in [2.45, 2.75) is 16.9 Å². The van der Waals surface area contributed by atoms with Gasteiger partial charge in [-0.2, -0.15) is 0 Å². The Morgan fingerprint density at radius 3 is 2.12 bits per heavy atom. The van der Waals surface area contributed by atoms with Gasteiger partial charge in [0.2, 0.25) is 3.79 Å². The number of halogens is 3. The number of nitrogens with zero attached hydrogens (tertiary/aromatic N) is 1. The molecule has 0 aromatic heterocycles. The van der Waals surface area contributed by atoms with Crippen molar-refractivity contribution >= 4 is 52.1 Å². The first-order valence-corrected chi connectivity index (χ1v) is 8.25. The summed E-state index contributed by atoms with van der Waals surface area (Å²) in [5.41, 5.74) is 1.81. The third-order valence-corrected chi connectivity index (χ3v) is 3.96. The Morgan fingerprint density at radius 1 is 1.08 bits per heavy atom. The summed E-state index contributed by atoms with van der Waals surface area (Å²) in [5, 5.41) is 16.1. The zero-order chi connectivity index (χ0) is 18.6. The summed E-state index contributed by atoms with van der Waals surface area (Å²) < 4.78 is -1.85. The average Bonchev–Trinajstić information content (AvgIpc) is 2.54. The number of carbonyl (C=O) groups excluding carboxylic acids is 1. The lowest BCUT2D eigenvalue weighted by Gasteiger charge is -2.27. The number of hydrogen-bond acceptors (Lipinski definition) is 4. The van der Waals surface area contributed by atoms with E-state index in [0.29, 0.717) is 11.3 Å². The molecule has 2 N–H and O–H groups in total. The minimum absolute atomic E-state index is 0.0697. The Morgan fingerprint density at radius 2 is 1.64 bits per heavy atom. The van der Waals surface area contributed by atoms with E-state index in [1.165, 1.54) is 24.3 Å². The number of anilines is 1. The fourth-order valence-electron chi connectivity index (χ4n) is 1.97. The fourth-order valence-corrected chi connectivity index (χ4v) is 2.29. The van der Waals surface area contributed by atoms with Gasteiger partial charge < -0.3 is 10.6 Å². The number of amides is 1. The molecule has 0 aliphatic carbocycles. The monoisotopic (exact) mass is 401 g/mol. The highest BCUT2D eigenvalue weighted by molar-refractivity contribution is 6.68.